The molecule has 0 aromatic carbocycles. The van der Waals surface area contributed by atoms with Crippen LogP contribution in [0.1, 0.15) is 0 Å². The van der Waals surface area contributed by atoms with Gasteiger partial charge in [0.05, 0.1) is 0 Å². The van der Waals surface area contributed by atoms with E-state index in [1.54, 1.807) is 0 Å². The third kappa shape index (κ3) is 9.34. The maximum Gasteiger partial charge on any atom is 0.341 e. The van der Waals surface area contributed by atoms with Crippen LogP contribution in [0.3, 0.4) is 0 Å². The molecule has 0 aliphatic rings. The van der Waals surface area contributed by atoms with Gasteiger partial charge in [0.1, 0.15) is 0 Å². The molecule has 0 N–H and O–H groups in total. The van der Waals surface area contributed by atoms with Crippen LogP contribution in [-0.2, 0) is 9.24 Å². The summed E-state index contributed by atoms with van der Waals surface area (Å²) in [5.41, 5.74) is 0. The Bertz CT molecular complexity index is 227. The van der Waals surface area contributed by atoms with E-state index in [0.717, 1.165) is 0 Å². The van der Waals surface area contributed by atoms with Gasteiger partial charge in [-0.05, 0) is 33.7 Å². The lowest BCUT2D eigenvalue weighted by molar-refractivity contribution is 0.612. The number of hydrogen-bond acceptors (Lipinski definition) is 2. The van der Waals surface area contributed by atoms with Gasteiger partial charge in [0, 0.05) is 10.7 Å². The fourth-order valence-corrected chi connectivity index (χ4v) is 4.88. The summed E-state index contributed by atoms with van der Waals surface area (Å²) in [6.45, 7) is 0. The lowest BCUT2D eigenvalue weighted by Gasteiger charge is -1.91. The minimum absolute atomic E-state index is 2.69. The van der Waals surface area contributed by atoms with Crippen LogP contribution in [0.25, 0.3) is 0 Å². The summed E-state index contributed by atoms with van der Waals surface area (Å²) in [6, 6.07) is 0. The summed E-state index contributed by atoms with van der Waals surface area (Å²) in [7, 11) is 0.567. The second-order valence-corrected chi connectivity index (χ2v) is 10.4. The van der Waals surface area contributed by atoms with Gasteiger partial charge >= 0.3 is 9.24 Å². The molecule has 0 aromatic heterocycles. The normalized spacial score (nSPS) is 13.3. The number of hydrogen-bond donors (Lipinski definition) is 0. The van der Waals surface area contributed by atoms with E-state index >= 15 is 0 Å². The highest BCUT2D eigenvalue weighted by molar-refractivity contribution is 8.30. The zero-order valence-electron chi connectivity index (χ0n) is 3.63. The molecule has 0 aliphatic heterocycles. The molecule has 0 aromatic rings. The van der Waals surface area contributed by atoms with E-state index in [-0.39, 0.29) is 0 Å². The van der Waals surface area contributed by atoms with Gasteiger partial charge in [0.2, 0.25) is 5.11 Å². The molecule has 0 rings (SSSR count). The van der Waals surface area contributed by atoms with Crippen LogP contribution in [-0.4, -0.2) is 8.42 Å². The van der Waals surface area contributed by atoms with Gasteiger partial charge in [0.25, 0.3) is 0 Å². The largest absolute Gasteiger partial charge is 0.341 e. The van der Waals surface area contributed by atoms with E-state index < -0.39 is 14.3 Å². The van der Waals surface area contributed by atoms with E-state index in [0.29, 0.717) is 0 Å². The molecule has 0 spiro atoms. The Balaban J connectivity index is 4.76. The molecule has 0 bridgehead atoms. The van der Waals surface area contributed by atoms with Gasteiger partial charge in [-0.1, -0.05) is 0 Å². The van der Waals surface area contributed by atoms with Crippen LogP contribution in [0.5, 0.6) is 0 Å². The first-order chi connectivity index (χ1) is 3.71. The highest BCUT2D eigenvalue weighted by atomic mass is 36.0. The molecule has 9 heavy (non-hydrogen) atoms. The Morgan fingerprint density at radius 3 is 1.56 bits per heavy atom. The molecule has 9 heteroatoms. The van der Waals surface area contributed by atoms with Crippen LogP contribution in [0.2, 0.25) is 0 Å². The van der Waals surface area contributed by atoms with Crippen LogP contribution in [0.15, 0.2) is 4.15 Å². The van der Waals surface area contributed by atoms with Crippen LogP contribution in [0.4, 0.5) is 0 Å². The van der Waals surface area contributed by atoms with Crippen molar-refractivity contribution in [1.29, 1.82) is 0 Å². The van der Waals surface area contributed by atoms with Crippen molar-refractivity contribution in [1.82, 2.24) is 0 Å². The van der Waals surface area contributed by atoms with E-state index in [4.69, 9.17) is 33.7 Å². The summed E-state index contributed by atoms with van der Waals surface area (Å²) >= 11 is 15.1. The van der Waals surface area contributed by atoms with Crippen molar-refractivity contribution in [2.24, 2.45) is 4.15 Å². The first-order valence-electron chi connectivity index (χ1n) is 1.38. The van der Waals surface area contributed by atoms with Crippen molar-refractivity contribution in [3.63, 3.8) is 0 Å². The average Bonchev–Trinajstić information content (AvgIpc) is 1.14. The van der Waals surface area contributed by atoms with E-state index in [1.165, 1.54) is 0 Å². The van der Waals surface area contributed by atoms with E-state index in [9.17, 15) is 8.42 Å². The molecular weight excluding hydrogens is 251 g/mol. The Kier molecular flexibility index (Phi) is 3.63. The minimum atomic E-state index is -4.03. The number of nitrogens with zero attached hydrogens (tertiary/aromatic N) is 1. The van der Waals surface area contributed by atoms with Gasteiger partial charge in [-0.25, -0.2) is 0 Å². The fraction of sp³-hybridized carbons (Fsp3) is 0. The van der Waals surface area contributed by atoms with Crippen LogP contribution >= 0.6 is 49.5 Å². The molecular formula is Cl4NO2PS. The van der Waals surface area contributed by atoms with Crippen LogP contribution in [0, 0.1) is 0 Å². The third-order valence-electron chi connectivity index (χ3n) is 0.190. The molecule has 0 aliphatic carbocycles. The summed E-state index contributed by atoms with van der Waals surface area (Å²) in [5, 5.41) is -3.22. The molecule has 3 nitrogen and oxygen atoms in total. The first kappa shape index (κ1) is 10.3. The van der Waals surface area contributed by atoms with Gasteiger partial charge < -0.3 is 0 Å². The molecule has 0 unspecified atom stereocenters. The molecule has 0 amide bonds. The highest BCUT2D eigenvalue weighted by Gasteiger charge is 2.11. The Hall–Kier alpha value is 1.34. The van der Waals surface area contributed by atoms with Gasteiger partial charge in [0.15, 0.2) is 0 Å². The lowest BCUT2D eigenvalue weighted by atomic mass is 13.9. The topological polar surface area (TPSA) is 46.5 Å². The van der Waals surface area contributed by atoms with Crippen molar-refractivity contribution in [3.8, 4) is 0 Å². The van der Waals surface area contributed by atoms with Crippen molar-refractivity contribution in [2.45, 2.75) is 0 Å². The monoisotopic (exact) mass is 249 g/mol. The van der Waals surface area contributed by atoms with Gasteiger partial charge in [-0.3, -0.25) is 0 Å². The first-order valence-corrected chi connectivity index (χ1v) is 8.10. The maximum absolute atomic E-state index is 10.0. The van der Waals surface area contributed by atoms with E-state index in [2.05, 4.69) is 14.8 Å². The quantitative estimate of drug-likeness (QED) is 0.530. The molecule has 0 atom stereocenters. The molecule has 0 saturated heterocycles. The summed E-state index contributed by atoms with van der Waals surface area (Å²) in [5.74, 6) is 0. The number of halogens is 4. The number of rotatable bonds is 1. The summed E-state index contributed by atoms with van der Waals surface area (Å²) in [6.07, 6.45) is 0. The van der Waals surface area contributed by atoms with Crippen molar-refractivity contribution < 1.29 is 8.42 Å². The molecule has 56 valence electrons. The third-order valence-corrected chi connectivity index (χ3v) is 3.93. The second-order valence-electron chi connectivity index (χ2n) is 0.912. The van der Waals surface area contributed by atoms with Crippen LogP contribution < -0.4 is 0 Å². The predicted octanol–water partition coefficient (Wildman–Crippen LogP) is 3.13. The van der Waals surface area contributed by atoms with Gasteiger partial charge in [-0.2, -0.15) is 8.42 Å². The maximum atomic E-state index is 10.0. The Morgan fingerprint density at radius 2 is 1.56 bits per heavy atom. The molecule has 0 radical (unpaired) electrons. The Labute approximate surface area is 71.2 Å². The zero-order chi connectivity index (χ0) is 7.71. The SMILES string of the molecule is O=S(=O)(Cl)N=P(Cl)(Cl)Cl. The molecule has 0 heterocycles. The molecule has 0 saturated carbocycles. The minimum Gasteiger partial charge on any atom is -0.187 e. The van der Waals surface area contributed by atoms with Crippen molar-refractivity contribution in [3.05, 3.63) is 0 Å². The summed E-state index contributed by atoms with van der Waals surface area (Å²) in [4.78, 5) is 0. The molecule has 0 fully saturated rings. The smallest absolute Gasteiger partial charge is 0.187 e. The van der Waals surface area contributed by atoms with Crippen molar-refractivity contribution in [2.75, 3.05) is 0 Å². The predicted molar refractivity (Wildman–Crippen MR) is 41.7 cm³/mol. The Morgan fingerprint density at radius 1 is 1.22 bits per heavy atom. The summed E-state index contributed by atoms with van der Waals surface area (Å²) < 4.78 is 22.7. The van der Waals surface area contributed by atoms with Gasteiger partial charge in [-0.15, -0.1) is 4.15 Å². The zero-order valence-corrected chi connectivity index (χ0v) is 8.37. The fourth-order valence-electron chi connectivity index (χ4n) is 0.111. The lowest BCUT2D eigenvalue weighted by Crippen LogP contribution is -1.75. The highest BCUT2D eigenvalue weighted by Crippen LogP contribution is 2.65. The average molecular weight is 251 g/mol. The standard InChI is InChI=1S/Cl4NO2PS/c1-8(2,3)5-9(4,6)7. The van der Waals surface area contributed by atoms with E-state index in [1.807, 2.05) is 0 Å². The second kappa shape index (κ2) is 3.16. The van der Waals surface area contributed by atoms with Crippen molar-refractivity contribution >= 4 is 58.8 Å².